The van der Waals surface area contributed by atoms with Crippen LogP contribution in [0.5, 0.6) is 5.75 Å². The molecular weight excluding hydrogens is 1190 g/mol. The van der Waals surface area contributed by atoms with Crippen LogP contribution < -0.4 is 21.0 Å². The van der Waals surface area contributed by atoms with Crippen molar-refractivity contribution in [1.82, 2.24) is 14.9 Å². The van der Waals surface area contributed by atoms with Gasteiger partial charge < -0.3 is 76.9 Å². The van der Waals surface area contributed by atoms with Crippen LogP contribution >= 0.6 is 0 Å². The van der Waals surface area contributed by atoms with Gasteiger partial charge in [-0.05, 0) is 98.6 Å². The number of benzene rings is 1. The number of pyridine rings is 2. The summed E-state index contributed by atoms with van der Waals surface area (Å²) >= 11 is 0. The molecule has 90 heavy (non-hydrogen) atoms. The normalized spacial score (nSPS) is 15.2. The van der Waals surface area contributed by atoms with Crippen LogP contribution in [0, 0.1) is 11.8 Å². The average Bonchev–Trinajstić information content (AvgIpc) is 1.48. The van der Waals surface area contributed by atoms with Crippen molar-refractivity contribution in [3.05, 3.63) is 67.3 Å². The number of hydrogen-bond acceptors (Lipinski definition) is 22. The van der Waals surface area contributed by atoms with Gasteiger partial charge in [0.1, 0.15) is 32.2 Å². The first-order valence-electron chi connectivity index (χ1n) is 31.3. The van der Waals surface area contributed by atoms with E-state index in [1.807, 2.05) is 32.0 Å². The van der Waals surface area contributed by atoms with Crippen LogP contribution in [0.25, 0.3) is 32.7 Å². The van der Waals surface area contributed by atoms with Crippen molar-refractivity contribution < 1.29 is 85.2 Å². The van der Waals surface area contributed by atoms with Gasteiger partial charge >= 0.3 is 12.1 Å². The molecule has 3 N–H and O–H groups in total. The second-order valence-corrected chi connectivity index (χ2v) is 28.7. The van der Waals surface area contributed by atoms with Crippen molar-refractivity contribution in [2.45, 2.75) is 136 Å². The third kappa shape index (κ3) is 23.6. The fourth-order valence-electron chi connectivity index (χ4n) is 9.66. The first-order valence-corrected chi connectivity index (χ1v) is 34.3. The topological polar surface area (TPSA) is 327 Å². The number of amides is 1. The van der Waals surface area contributed by atoms with E-state index in [9.17, 15) is 28.8 Å². The van der Waals surface area contributed by atoms with Gasteiger partial charge in [0, 0.05) is 53.3 Å². The van der Waals surface area contributed by atoms with Crippen molar-refractivity contribution in [3.63, 3.8) is 0 Å². The SMILES string of the molecule is CCc1c2c(nc3ccc(O[Si](C)(C)C(C)(C)C)cc13)-c1cc3c(c(=O)n1C2)COC(=O)C3(C)OC(=O)OCC(NC(=O)C(CCCCN)CC(=O)COCC(=O)CCCOCCOCCOCCOCCOCCOCCOCCOCCN=[N+]=[N-])C(C)C. The quantitative estimate of drug-likeness (QED) is 0.0108. The first-order chi connectivity index (χ1) is 43.1. The number of cyclic esters (lactones) is 1. The third-order valence-electron chi connectivity index (χ3n) is 15.8. The number of fused-ring (bicyclic) bond motifs is 5. The predicted molar refractivity (Wildman–Crippen MR) is 336 cm³/mol. The number of aromatic nitrogens is 2. The van der Waals surface area contributed by atoms with Crippen molar-refractivity contribution in [1.29, 1.82) is 0 Å². The van der Waals surface area contributed by atoms with Gasteiger partial charge in [-0.1, -0.05) is 53.1 Å². The zero-order valence-electron chi connectivity index (χ0n) is 54.3. The second-order valence-electron chi connectivity index (χ2n) is 24.0. The summed E-state index contributed by atoms with van der Waals surface area (Å²) in [6.45, 7) is 24.2. The zero-order chi connectivity index (χ0) is 65.5. The van der Waals surface area contributed by atoms with E-state index in [1.165, 1.54) is 6.92 Å². The summed E-state index contributed by atoms with van der Waals surface area (Å²) in [6.07, 6.45) is 1.47. The second kappa shape index (κ2) is 38.8. The van der Waals surface area contributed by atoms with Gasteiger partial charge in [-0.15, -0.1) is 0 Å². The maximum atomic E-state index is 14.3. The minimum atomic E-state index is -2.15. The molecule has 3 aromatic rings. The minimum Gasteiger partial charge on any atom is -0.543 e. The highest BCUT2D eigenvalue weighted by atomic mass is 28.4. The van der Waals surface area contributed by atoms with Crippen LogP contribution in [-0.4, -0.2) is 192 Å². The molecule has 2 aliphatic heterocycles. The Balaban J connectivity index is 0.972. The number of unbranched alkanes of at least 4 members (excludes halogenated alkanes) is 1. The number of aryl methyl sites for hydroxylation is 1. The number of ketones is 2. The van der Waals surface area contributed by atoms with E-state index in [0.29, 0.717) is 162 Å². The largest absolute Gasteiger partial charge is 0.543 e. The molecule has 0 radical (unpaired) electrons. The van der Waals surface area contributed by atoms with Crippen LogP contribution in [0.2, 0.25) is 18.1 Å². The molecule has 502 valence electrons. The highest BCUT2D eigenvalue weighted by Crippen LogP contribution is 2.43. The van der Waals surface area contributed by atoms with Gasteiger partial charge in [0.2, 0.25) is 19.8 Å². The van der Waals surface area contributed by atoms with Gasteiger partial charge in [0.25, 0.3) is 5.56 Å². The Hall–Kier alpha value is -5.94. The van der Waals surface area contributed by atoms with Crippen LogP contribution in [0.15, 0.2) is 34.2 Å². The Labute approximate surface area is 529 Å². The van der Waals surface area contributed by atoms with E-state index < -0.39 is 49.5 Å². The maximum absolute atomic E-state index is 14.3. The molecule has 2 aliphatic rings. The molecule has 27 heteroatoms. The van der Waals surface area contributed by atoms with Gasteiger partial charge in [-0.3, -0.25) is 19.2 Å². The summed E-state index contributed by atoms with van der Waals surface area (Å²) in [4.78, 5) is 88.9. The fourth-order valence-corrected chi connectivity index (χ4v) is 10.7. The van der Waals surface area contributed by atoms with Gasteiger partial charge in [-0.25, -0.2) is 14.6 Å². The molecule has 0 fully saturated rings. The number of rotatable bonds is 47. The number of esters is 1. The summed E-state index contributed by atoms with van der Waals surface area (Å²) in [7, 11) is -2.15. The first kappa shape index (κ1) is 74.8. The lowest BCUT2D eigenvalue weighted by atomic mass is 9.89. The summed E-state index contributed by atoms with van der Waals surface area (Å²) in [6, 6.07) is 6.82. The molecule has 0 saturated carbocycles. The fraction of sp³-hybridized carbons (Fsp3) is 0.698. The molecule has 1 amide bonds. The average molecular weight is 1280 g/mol. The lowest BCUT2D eigenvalue weighted by Crippen LogP contribution is -2.47. The number of ether oxygens (including phenoxy) is 12. The van der Waals surface area contributed by atoms with Crippen LogP contribution in [0.3, 0.4) is 0 Å². The molecule has 0 aliphatic carbocycles. The highest BCUT2D eigenvalue weighted by Gasteiger charge is 2.49. The van der Waals surface area contributed by atoms with Gasteiger partial charge in [-0.2, -0.15) is 0 Å². The number of nitrogens with one attached hydrogen (secondary N) is 1. The standard InChI is InChI=1S/C63H97N7O19Si/c1-10-49-50-37-48(89-90(8,9)62(4,5)6)16-17-54(50)67-57-51(49)39-70-56(57)38-53-52(59(70)74)42-86-60(75)63(53,7)88-61(76)87-43-55(44(2)3)68-58(73)45(14-11-12-18-64)36-47(72)41-85-40-46(71)15-13-20-77-22-24-79-26-28-81-30-32-83-34-35-84-33-31-82-29-27-80-25-23-78-21-19-66-69-65/h16-17,37-38,44-45,55H,10-15,18-36,39-43,64H2,1-9H3,(H,68,73). The molecule has 0 saturated heterocycles. The number of azide groups is 1. The molecule has 3 atom stereocenters. The van der Waals surface area contributed by atoms with E-state index in [2.05, 4.69) is 56.1 Å². The number of hydrogen-bond donors (Lipinski definition) is 2. The van der Waals surface area contributed by atoms with Crippen LogP contribution in [0.1, 0.15) is 109 Å². The summed E-state index contributed by atoms with van der Waals surface area (Å²) in [5.41, 5.74) is 15.5. The van der Waals surface area contributed by atoms with Crippen molar-refractivity contribution >= 4 is 48.8 Å². The summed E-state index contributed by atoms with van der Waals surface area (Å²) in [5, 5.41) is 7.24. The summed E-state index contributed by atoms with van der Waals surface area (Å²) in [5.74, 6) is -2.15. The number of nitrogens with two attached hydrogens (primary N) is 1. The lowest BCUT2D eigenvalue weighted by Gasteiger charge is -2.36. The Morgan fingerprint density at radius 1 is 0.800 bits per heavy atom. The molecule has 3 unspecified atom stereocenters. The Morgan fingerprint density at radius 3 is 1.93 bits per heavy atom. The Morgan fingerprint density at radius 2 is 1.38 bits per heavy atom. The van der Waals surface area contributed by atoms with E-state index in [0.717, 1.165) is 27.8 Å². The Kier molecular flexibility index (Phi) is 32.2. The zero-order valence-corrected chi connectivity index (χ0v) is 55.3. The third-order valence-corrected chi connectivity index (χ3v) is 20.2. The molecule has 1 aromatic carbocycles. The molecule has 4 heterocycles. The van der Waals surface area contributed by atoms with Crippen molar-refractivity contribution in [3.8, 4) is 17.1 Å². The van der Waals surface area contributed by atoms with Crippen LogP contribution in [0.4, 0.5) is 4.79 Å². The molecule has 2 aromatic heterocycles. The van der Waals surface area contributed by atoms with E-state index in [4.69, 9.17) is 77.5 Å². The Bertz CT molecular complexity index is 2900. The molecule has 5 rings (SSSR count). The highest BCUT2D eigenvalue weighted by molar-refractivity contribution is 6.74. The van der Waals surface area contributed by atoms with E-state index in [1.54, 1.807) is 10.6 Å². The molecule has 0 bridgehead atoms. The number of carbonyl (C=O) groups excluding carboxylic acids is 5. The number of Topliss-reactive ketones (excluding diaryl/α,β-unsaturated/α-hetero) is 2. The van der Waals surface area contributed by atoms with Gasteiger partial charge in [0.15, 0.2) is 11.6 Å². The smallest absolute Gasteiger partial charge is 0.509 e. The molecular formula is C63H97N7O19Si. The minimum absolute atomic E-state index is 0.00660. The van der Waals surface area contributed by atoms with Crippen molar-refractivity contribution in [2.75, 3.05) is 139 Å². The molecule has 26 nitrogen and oxygen atoms in total. The van der Waals surface area contributed by atoms with E-state index >= 15 is 0 Å². The van der Waals surface area contributed by atoms with Crippen LogP contribution in [-0.2, 0) is 101 Å². The lowest BCUT2D eigenvalue weighted by molar-refractivity contribution is -0.172. The predicted octanol–water partition coefficient (Wildman–Crippen LogP) is 7.45. The summed E-state index contributed by atoms with van der Waals surface area (Å²) < 4.78 is 74.3. The van der Waals surface area contributed by atoms with Crippen molar-refractivity contribution in [2.24, 2.45) is 22.7 Å². The monoisotopic (exact) mass is 1280 g/mol. The number of nitrogens with zero attached hydrogens (tertiary/aromatic N) is 5. The maximum Gasteiger partial charge on any atom is 0.509 e. The van der Waals surface area contributed by atoms with Gasteiger partial charge in [0.05, 0.1) is 134 Å². The number of carbonyl (C=O) groups is 5. The van der Waals surface area contributed by atoms with E-state index in [-0.39, 0.29) is 79.5 Å². The molecule has 0 spiro atoms.